The van der Waals surface area contributed by atoms with E-state index in [1.165, 1.54) is 12.1 Å². The van der Waals surface area contributed by atoms with Crippen LogP contribution in [-0.4, -0.2) is 70.2 Å². The molecule has 1 aliphatic carbocycles. The van der Waals surface area contributed by atoms with Gasteiger partial charge in [0.1, 0.15) is 23.1 Å². The van der Waals surface area contributed by atoms with Crippen LogP contribution in [0.3, 0.4) is 0 Å². The van der Waals surface area contributed by atoms with Crippen molar-refractivity contribution in [2.45, 2.75) is 51.6 Å². The number of benzene rings is 1. The molecular formula is C26H28F3N5O5. The van der Waals surface area contributed by atoms with Crippen LogP contribution in [0.2, 0.25) is 0 Å². The number of piperazine rings is 1. The van der Waals surface area contributed by atoms with E-state index in [-0.39, 0.29) is 66.5 Å². The third kappa shape index (κ3) is 5.63. The number of carbonyl (C=O) groups is 2. The number of hydrogen-bond acceptors (Lipinski definition) is 8. The summed E-state index contributed by atoms with van der Waals surface area (Å²) in [5.74, 6) is -0.0775. The van der Waals surface area contributed by atoms with Gasteiger partial charge in [0.05, 0.1) is 12.6 Å². The van der Waals surface area contributed by atoms with Crippen LogP contribution in [0.5, 0.6) is 5.75 Å². The Labute approximate surface area is 221 Å². The highest BCUT2D eigenvalue weighted by Crippen LogP contribution is 2.37. The summed E-state index contributed by atoms with van der Waals surface area (Å²) in [5, 5.41) is 0.313. The first kappa shape index (κ1) is 26.7. The topological polar surface area (TPSA) is 124 Å². The Morgan fingerprint density at radius 3 is 2.38 bits per heavy atom. The van der Waals surface area contributed by atoms with Gasteiger partial charge in [0.25, 0.3) is 5.91 Å². The predicted octanol–water partition coefficient (Wildman–Crippen LogP) is 4.21. The Balaban J connectivity index is 1.43. The SMILES string of the molecule is CC(C)Oc1ccc(-c2nc(C(=O)N3CCN(C(=O)OC4CC4)CC3)c(CN)o2)c2ccc(C(F)(F)F)nc12. The molecule has 2 fully saturated rings. The fourth-order valence-corrected chi connectivity index (χ4v) is 4.30. The van der Waals surface area contributed by atoms with Crippen molar-refractivity contribution in [3.05, 3.63) is 41.4 Å². The highest BCUT2D eigenvalue weighted by molar-refractivity contribution is 5.98. The highest BCUT2D eigenvalue weighted by Gasteiger charge is 2.34. The lowest BCUT2D eigenvalue weighted by Crippen LogP contribution is -2.51. The summed E-state index contributed by atoms with van der Waals surface area (Å²) in [7, 11) is 0. The zero-order valence-electron chi connectivity index (χ0n) is 21.5. The van der Waals surface area contributed by atoms with Gasteiger partial charge in [-0.2, -0.15) is 13.2 Å². The minimum Gasteiger partial charge on any atom is -0.489 e. The molecule has 0 bridgehead atoms. The molecule has 39 heavy (non-hydrogen) atoms. The van der Waals surface area contributed by atoms with E-state index < -0.39 is 17.8 Å². The number of pyridine rings is 1. The molecule has 0 unspecified atom stereocenters. The molecule has 2 aliphatic rings. The predicted molar refractivity (Wildman–Crippen MR) is 133 cm³/mol. The summed E-state index contributed by atoms with van der Waals surface area (Å²) in [6.45, 7) is 4.57. The maximum absolute atomic E-state index is 13.4. The maximum atomic E-state index is 13.4. The zero-order chi connectivity index (χ0) is 27.9. The minimum atomic E-state index is -4.65. The van der Waals surface area contributed by atoms with E-state index in [1.807, 2.05) is 0 Å². The third-order valence-electron chi connectivity index (χ3n) is 6.41. The molecule has 3 heterocycles. The first-order valence-corrected chi connectivity index (χ1v) is 12.7. The van der Waals surface area contributed by atoms with E-state index in [1.54, 1.807) is 29.7 Å². The van der Waals surface area contributed by atoms with Crippen molar-refractivity contribution >= 4 is 22.9 Å². The molecule has 208 valence electrons. The zero-order valence-corrected chi connectivity index (χ0v) is 21.5. The van der Waals surface area contributed by atoms with E-state index in [2.05, 4.69) is 9.97 Å². The standard InChI is InChI=1S/C26H28F3N5O5/c1-14(2)37-18-7-5-17(16-6-8-20(26(27,28)29)31-21(16)18)23-32-22(19(13-30)39-23)24(35)33-9-11-34(12-10-33)25(36)38-15-3-4-15/h5-8,14-15H,3-4,9-13,30H2,1-2H3. The minimum absolute atomic E-state index is 0.00448. The van der Waals surface area contributed by atoms with E-state index in [9.17, 15) is 22.8 Å². The summed E-state index contributed by atoms with van der Waals surface area (Å²) in [4.78, 5) is 36.9. The summed E-state index contributed by atoms with van der Waals surface area (Å²) in [5.41, 5.74) is 5.13. The molecule has 2 aromatic heterocycles. The first-order valence-electron chi connectivity index (χ1n) is 12.7. The number of oxazole rings is 1. The van der Waals surface area contributed by atoms with E-state index in [0.29, 0.717) is 24.0 Å². The summed E-state index contributed by atoms with van der Waals surface area (Å²) in [6, 6.07) is 5.25. The van der Waals surface area contributed by atoms with Crippen LogP contribution < -0.4 is 10.5 Å². The van der Waals surface area contributed by atoms with Gasteiger partial charge in [-0.05, 0) is 51.0 Å². The van der Waals surface area contributed by atoms with Gasteiger partial charge in [-0.15, -0.1) is 0 Å². The molecule has 10 nitrogen and oxygen atoms in total. The number of halogens is 3. The normalized spacial score (nSPS) is 16.2. The van der Waals surface area contributed by atoms with Crippen molar-refractivity contribution in [3.63, 3.8) is 0 Å². The number of hydrogen-bond donors (Lipinski definition) is 1. The van der Waals surface area contributed by atoms with Crippen LogP contribution in [0.25, 0.3) is 22.4 Å². The second-order valence-electron chi connectivity index (χ2n) is 9.73. The molecule has 3 aromatic rings. The summed E-state index contributed by atoms with van der Waals surface area (Å²) < 4.78 is 57.1. The largest absolute Gasteiger partial charge is 0.489 e. The molecule has 1 aromatic carbocycles. The Kier molecular flexibility index (Phi) is 7.10. The molecule has 5 rings (SSSR count). The second kappa shape index (κ2) is 10.4. The average molecular weight is 548 g/mol. The molecule has 1 aliphatic heterocycles. The summed E-state index contributed by atoms with van der Waals surface area (Å²) in [6.07, 6.45) is -3.58. The van der Waals surface area contributed by atoms with Crippen molar-refractivity contribution in [2.24, 2.45) is 5.73 Å². The number of aromatic nitrogens is 2. The summed E-state index contributed by atoms with van der Waals surface area (Å²) >= 11 is 0. The smallest absolute Gasteiger partial charge is 0.433 e. The van der Waals surface area contributed by atoms with Gasteiger partial charge in [0.15, 0.2) is 11.5 Å². The van der Waals surface area contributed by atoms with E-state index >= 15 is 0 Å². The fraction of sp³-hybridized carbons (Fsp3) is 0.462. The molecule has 0 radical (unpaired) electrons. The number of alkyl halides is 3. The van der Waals surface area contributed by atoms with Crippen molar-refractivity contribution < 1.29 is 36.7 Å². The molecule has 1 saturated carbocycles. The molecule has 13 heteroatoms. The van der Waals surface area contributed by atoms with Crippen LogP contribution in [0.1, 0.15) is 48.6 Å². The van der Waals surface area contributed by atoms with E-state index in [0.717, 1.165) is 18.9 Å². The molecule has 2 amide bonds. The Bertz CT molecular complexity index is 1390. The van der Waals surface area contributed by atoms with Gasteiger partial charge in [-0.3, -0.25) is 4.79 Å². The Morgan fingerprint density at radius 1 is 1.08 bits per heavy atom. The quantitative estimate of drug-likeness (QED) is 0.487. The van der Waals surface area contributed by atoms with Crippen molar-refractivity contribution in [3.8, 4) is 17.2 Å². The molecule has 0 spiro atoms. The van der Waals surface area contributed by atoms with Gasteiger partial charge >= 0.3 is 12.3 Å². The molecule has 1 saturated heterocycles. The average Bonchev–Trinajstić information content (AvgIpc) is 3.62. The van der Waals surface area contributed by atoms with Crippen molar-refractivity contribution in [1.29, 1.82) is 0 Å². The maximum Gasteiger partial charge on any atom is 0.433 e. The first-order chi connectivity index (χ1) is 18.5. The lowest BCUT2D eigenvalue weighted by molar-refractivity contribution is -0.140. The number of nitrogens with two attached hydrogens (primary N) is 1. The molecular weight excluding hydrogens is 519 g/mol. The fourth-order valence-electron chi connectivity index (χ4n) is 4.30. The monoisotopic (exact) mass is 547 g/mol. The van der Waals surface area contributed by atoms with Crippen molar-refractivity contribution in [2.75, 3.05) is 26.2 Å². The second-order valence-corrected chi connectivity index (χ2v) is 9.73. The van der Waals surface area contributed by atoms with Gasteiger partial charge < -0.3 is 29.4 Å². The lowest BCUT2D eigenvalue weighted by atomic mass is 10.1. The van der Waals surface area contributed by atoms with Gasteiger partial charge in [0, 0.05) is 37.1 Å². The van der Waals surface area contributed by atoms with Gasteiger partial charge in [0.2, 0.25) is 5.89 Å². The van der Waals surface area contributed by atoms with Crippen LogP contribution in [-0.2, 0) is 17.5 Å². The van der Waals surface area contributed by atoms with Gasteiger partial charge in [-0.1, -0.05) is 0 Å². The number of carbonyl (C=O) groups excluding carboxylic acids is 2. The number of nitrogens with zero attached hydrogens (tertiary/aromatic N) is 4. The number of ether oxygens (including phenoxy) is 2. The van der Waals surface area contributed by atoms with E-state index in [4.69, 9.17) is 19.6 Å². The lowest BCUT2D eigenvalue weighted by Gasteiger charge is -2.33. The molecule has 2 N–H and O–H groups in total. The van der Waals surface area contributed by atoms with Crippen LogP contribution in [0.4, 0.5) is 18.0 Å². The van der Waals surface area contributed by atoms with Gasteiger partial charge in [-0.25, -0.2) is 14.8 Å². The number of fused-ring (bicyclic) bond motifs is 1. The third-order valence-corrected chi connectivity index (χ3v) is 6.41. The molecule has 0 atom stereocenters. The van der Waals surface area contributed by atoms with Crippen LogP contribution in [0.15, 0.2) is 28.7 Å². The highest BCUT2D eigenvalue weighted by atomic mass is 19.4. The Hall–Kier alpha value is -3.87. The van der Waals surface area contributed by atoms with Crippen LogP contribution in [0, 0.1) is 0 Å². The van der Waals surface area contributed by atoms with Crippen LogP contribution >= 0.6 is 0 Å². The van der Waals surface area contributed by atoms with Crippen molar-refractivity contribution in [1.82, 2.24) is 19.8 Å². The number of rotatable bonds is 6. The number of amides is 2. The Morgan fingerprint density at radius 2 is 1.77 bits per heavy atom.